The second kappa shape index (κ2) is 10.0. The van der Waals surface area contributed by atoms with Crippen LogP contribution in [0.1, 0.15) is 39.0 Å². The second-order valence-electron chi connectivity index (χ2n) is 4.87. The molecular formula is C14H27N3OS. The van der Waals surface area contributed by atoms with Gasteiger partial charge in [-0.05, 0) is 25.5 Å². The molecule has 0 fully saturated rings. The molecule has 0 bridgehead atoms. The van der Waals surface area contributed by atoms with E-state index in [2.05, 4.69) is 17.9 Å². The summed E-state index contributed by atoms with van der Waals surface area (Å²) >= 11 is 0. The molecule has 0 amide bonds. The van der Waals surface area contributed by atoms with Gasteiger partial charge in [0.05, 0.1) is 6.61 Å². The van der Waals surface area contributed by atoms with E-state index in [1.54, 1.807) is 0 Å². The Morgan fingerprint density at radius 3 is 2.68 bits per heavy atom. The normalized spacial score (nSPS) is 15.4. The molecule has 0 aliphatic carbocycles. The zero-order chi connectivity index (χ0) is 13.4. The van der Waals surface area contributed by atoms with E-state index in [1.807, 2.05) is 7.05 Å². The van der Waals surface area contributed by atoms with Crippen molar-refractivity contribution in [3.8, 4) is 0 Å². The zero-order valence-corrected chi connectivity index (χ0v) is 13.1. The summed E-state index contributed by atoms with van der Waals surface area (Å²) in [5.74, 6) is 0.0213. The van der Waals surface area contributed by atoms with Gasteiger partial charge in [-0.25, -0.2) is 0 Å². The molecule has 0 aromatic rings. The van der Waals surface area contributed by atoms with Gasteiger partial charge >= 0.3 is 0 Å². The standard InChI is InChI=1S/C14H25N3O.H2S/c1-3-4-5-6-10-18-14(16)13(15)12-8-7-9-17(2)11-12;/h8,15-16H,3-7,9-11H2,1-2H3;1H2. The summed E-state index contributed by atoms with van der Waals surface area (Å²) in [6.07, 6.45) is 7.54. The topological polar surface area (TPSA) is 60.2 Å². The van der Waals surface area contributed by atoms with Crippen LogP contribution in [0, 0.1) is 10.8 Å². The third-order valence-electron chi connectivity index (χ3n) is 3.13. The number of hydrogen-bond donors (Lipinski definition) is 2. The van der Waals surface area contributed by atoms with Gasteiger partial charge in [0.1, 0.15) is 5.71 Å². The van der Waals surface area contributed by atoms with Crippen LogP contribution < -0.4 is 0 Å². The molecule has 0 radical (unpaired) electrons. The first kappa shape index (κ1) is 18.2. The van der Waals surface area contributed by atoms with Crippen LogP contribution in [0.25, 0.3) is 0 Å². The minimum atomic E-state index is 0. The summed E-state index contributed by atoms with van der Waals surface area (Å²) in [5, 5.41) is 15.7. The first-order valence-electron chi connectivity index (χ1n) is 6.83. The van der Waals surface area contributed by atoms with Crippen molar-refractivity contribution in [3.63, 3.8) is 0 Å². The average Bonchev–Trinajstić information content (AvgIpc) is 2.37. The Labute approximate surface area is 123 Å². The lowest BCUT2D eigenvalue weighted by Gasteiger charge is -2.23. The van der Waals surface area contributed by atoms with Crippen molar-refractivity contribution in [1.82, 2.24) is 4.90 Å². The van der Waals surface area contributed by atoms with Crippen molar-refractivity contribution >= 4 is 25.1 Å². The van der Waals surface area contributed by atoms with Crippen molar-refractivity contribution in [3.05, 3.63) is 11.6 Å². The highest BCUT2D eigenvalue weighted by atomic mass is 32.1. The highest BCUT2D eigenvalue weighted by molar-refractivity contribution is 7.59. The van der Waals surface area contributed by atoms with Crippen LogP contribution in [0.3, 0.4) is 0 Å². The molecule has 0 unspecified atom stereocenters. The van der Waals surface area contributed by atoms with Gasteiger partial charge in [-0.3, -0.25) is 10.8 Å². The highest BCUT2D eigenvalue weighted by Crippen LogP contribution is 2.10. The monoisotopic (exact) mass is 285 g/mol. The molecule has 110 valence electrons. The van der Waals surface area contributed by atoms with E-state index in [9.17, 15) is 0 Å². The van der Waals surface area contributed by atoms with Crippen LogP contribution >= 0.6 is 13.5 Å². The summed E-state index contributed by atoms with van der Waals surface area (Å²) < 4.78 is 5.34. The van der Waals surface area contributed by atoms with Gasteiger partial charge in [-0.1, -0.05) is 32.3 Å². The van der Waals surface area contributed by atoms with E-state index in [0.29, 0.717) is 6.61 Å². The van der Waals surface area contributed by atoms with Gasteiger partial charge in [0.15, 0.2) is 0 Å². The Morgan fingerprint density at radius 1 is 1.32 bits per heavy atom. The van der Waals surface area contributed by atoms with Gasteiger partial charge < -0.3 is 9.64 Å². The number of unbranched alkanes of at least 4 members (excludes halogenated alkanes) is 3. The maximum Gasteiger partial charge on any atom is 0.232 e. The fraction of sp³-hybridized carbons (Fsp3) is 0.714. The Hall–Kier alpha value is -0.810. The van der Waals surface area contributed by atoms with Crippen molar-refractivity contribution < 1.29 is 4.74 Å². The maximum atomic E-state index is 7.95. The van der Waals surface area contributed by atoms with Crippen LogP contribution in [0.5, 0.6) is 0 Å². The molecule has 1 rings (SSSR count). The molecule has 0 saturated heterocycles. The minimum Gasteiger partial charge on any atom is -0.477 e. The predicted molar refractivity (Wildman–Crippen MR) is 86.1 cm³/mol. The molecule has 0 aromatic carbocycles. The lowest BCUT2D eigenvalue weighted by molar-refractivity contribution is 0.295. The molecule has 2 N–H and O–H groups in total. The van der Waals surface area contributed by atoms with Crippen molar-refractivity contribution in [2.75, 3.05) is 26.7 Å². The molecule has 1 heterocycles. The largest absolute Gasteiger partial charge is 0.477 e. The van der Waals surface area contributed by atoms with E-state index in [4.69, 9.17) is 15.6 Å². The third kappa shape index (κ3) is 6.78. The van der Waals surface area contributed by atoms with Crippen molar-refractivity contribution in [2.24, 2.45) is 0 Å². The van der Waals surface area contributed by atoms with Crippen molar-refractivity contribution in [1.29, 1.82) is 10.8 Å². The van der Waals surface area contributed by atoms with Crippen LogP contribution in [0.2, 0.25) is 0 Å². The molecule has 1 aliphatic heterocycles. The third-order valence-corrected chi connectivity index (χ3v) is 3.13. The molecule has 0 atom stereocenters. The lowest BCUT2D eigenvalue weighted by atomic mass is 10.1. The number of nitrogens with one attached hydrogen (secondary N) is 2. The summed E-state index contributed by atoms with van der Waals surface area (Å²) in [6.45, 7) is 4.51. The maximum absolute atomic E-state index is 7.95. The second-order valence-corrected chi connectivity index (χ2v) is 4.87. The number of nitrogens with zero attached hydrogens (tertiary/aromatic N) is 1. The minimum absolute atomic E-state index is 0. The summed E-state index contributed by atoms with van der Waals surface area (Å²) in [4.78, 5) is 2.17. The van der Waals surface area contributed by atoms with Gasteiger partial charge in [0, 0.05) is 13.1 Å². The smallest absolute Gasteiger partial charge is 0.232 e. The van der Waals surface area contributed by atoms with E-state index < -0.39 is 0 Å². The summed E-state index contributed by atoms with van der Waals surface area (Å²) in [6, 6.07) is 0. The molecule has 0 spiro atoms. The van der Waals surface area contributed by atoms with Gasteiger partial charge in [0.25, 0.3) is 0 Å². The number of rotatable bonds is 7. The number of ether oxygens (including phenoxy) is 1. The van der Waals surface area contributed by atoms with Crippen LogP contribution in [-0.2, 0) is 4.74 Å². The molecular weight excluding hydrogens is 258 g/mol. The number of hydrogen-bond acceptors (Lipinski definition) is 4. The Balaban J connectivity index is 0.00000324. The molecule has 5 heteroatoms. The Kier molecular flexibility index (Phi) is 9.61. The van der Waals surface area contributed by atoms with Gasteiger partial charge in [-0.15, -0.1) is 0 Å². The van der Waals surface area contributed by atoms with E-state index >= 15 is 0 Å². The number of likely N-dealkylation sites (N-methyl/N-ethyl adjacent to an activating group) is 1. The average molecular weight is 285 g/mol. The van der Waals surface area contributed by atoms with E-state index in [0.717, 1.165) is 37.9 Å². The van der Waals surface area contributed by atoms with Crippen LogP contribution in [0.4, 0.5) is 0 Å². The predicted octanol–water partition coefficient (Wildman–Crippen LogP) is 2.96. The quantitative estimate of drug-likeness (QED) is 0.429. The first-order chi connectivity index (χ1) is 8.65. The zero-order valence-electron chi connectivity index (χ0n) is 12.1. The SMILES string of the molecule is CCCCCCOC(=N)C(=N)C1=CCCN(C)C1.S. The molecule has 4 nitrogen and oxygen atoms in total. The lowest BCUT2D eigenvalue weighted by Crippen LogP contribution is -2.31. The van der Waals surface area contributed by atoms with Crippen molar-refractivity contribution in [2.45, 2.75) is 39.0 Å². The fourth-order valence-electron chi connectivity index (χ4n) is 2.00. The van der Waals surface area contributed by atoms with Crippen LogP contribution in [0.15, 0.2) is 11.6 Å². The molecule has 1 aliphatic rings. The highest BCUT2D eigenvalue weighted by Gasteiger charge is 2.16. The molecule has 19 heavy (non-hydrogen) atoms. The Morgan fingerprint density at radius 2 is 2.05 bits per heavy atom. The fourth-order valence-corrected chi connectivity index (χ4v) is 2.00. The Bertz CT molecular complexity index is 329. The molecule has 0 aromatic heterocycles. The van der Waals surface area contributed by atoms with E-state index in [-0.39, 0.29) is 25.1 Å². The summed E-state index contributed by atoms with van der Waals surface area (Å²) in [5.41, 5.74) is 1.17. The van der Waals surface area contributed by atoms with E-state index in [1.165, 1.54) is 12.8 Å². The first-order valence-corrected chi connectivity index (χ1v) is 6.83. The summed E-state index contributed by atoms with van der Waals surface area (Å²) in [7, 11) is 2.04. The van der Waals surface area contributed by atoms with Gasteiger partial charge in [0.2, 0.25) is 5.90 Å². The molecule has 0 saturated carbocycles. The van der Waals surface area contributed by atoms with Crippen LogP contribution in [-0.4, -0.2) is 43.3 Å². The van der Waals surface area contributed by atoms with Gasteiger partial charge in [-0.2, -0.15) is 13.5 Å².